The molecule has 1 aromatic rings. The second kappa shape index (κ2) is 4.51. The molecule has 0 fully saturated rings. The monoisotopic (exact) mass is 256 g/mol. The third-order valence-electron chi connectivity index (χ3n) is 1.63. The molecule has 0 atom stereocenters. The van der Waals surface area contributed by atoms with Crippen molar-refractivity contribution in [3.05, 3.63) is 45.7 Å². The van der Waals surface area contributed by atoms with Crippen LogP contribution in [0.4, 0.5) is 4.39 Å². The molecule has 14 heavy (non-hydrogen) atoms. The molecule has 74 valence electrons. The maximum atomic E-state index is 13.3. The highest BCUT2D eigenvalue weighted by Crippen LogP contribution is 2.20. The molecular formula is C11H10BrFO. The van der Waals surface area contributed by atoms with Crippen molar-refractivity contribution in [1.82, 2.24) is 0 Å². The van der Waals surface area contributed by atoms with Gasteiger partial charge in [0, 0.05) is 4.47 Å². The van der Waals surface area contributed by atoms with Gasteiger partial charge in [-0.25, -0.2) is 4.39 Å². The number of rotatable bonds is 2. The van der Waals surface area contributed by atoms with Crippen LogP contribution in [0.15, 0.2) is 34.3 Å². The third kappa shape index (κ3) is 2.51. The van der Waals surface area contributed by atoms with Crippen molar-refractivity contribution in [2.75, 3.05) is 0 Å². The Hall–Kier alpha value is -0.960. The van der Waals surface area contributed by atoms with Crippen LogP contribution in [0.25, 0.3) is 0 Å². The minimum absolute atomic E-state index is 0.0914. The van der Waals surface area contributed by atoms with Crippen LogP contribution in [0.3, 0.4) is 0 Å². The summed E-state index contributed by atoms with van der Waals surface area (Å²) in [6, 6.07) is 4.48. The first kappa shape index (κ1) is 11.1. The Morgan fingerprint density at radius 3 is 2.57 bits per heavy atom. The molecule has 3 heteroatoms. The molecule has 0 aromatic heterocycles. The SMILES string of the molecule is CC(C)=CC(=O)c1c(F)cccc1Br. The number of allylic oxidation sites excluding steroid dienone is 2. The molecule has 1 aromatic carbocycles. The van der Waals surface area contributed by atoms with Crippen molar-refractivity contribution in [2.24, 2.45) is 0 Å². The van der Waals surface area contributed by atoms with Crippen LogP contribution in [0.1, 0.15) is 24.2 Å². The normalized spacial score (nSPS) is 9.71. The van der Waals surface area contributed by atoms with E-state index >= 15 is 0 Å². The van der Waals surface area contributed by atoms with Crippen molar-refractivity contribution in [3.8, 4) is 0 Å². The second-order valence-corrected chi connectivity index (χ2v) is 4.04. The van der Waals surface area contributed by atoms with Gasteiger partial charge in [-0.3, -0.25) is 4.79 Å². The molecule has 0 spiro atoms. The average Bonchev–Trinajstić information content (AvgIpc) is 2.01. The Kier molecular flexibility index (Phi) is 3.58. The molecule has 0 saturated heterocycles. The number of benzene rings is 1. The predicted molar refractivity (Wildman–Crippen MR) is 57.9 cm³/mol. The Morgan fingerprint density at radius 1 is 1.43 bits per heavy atom. The Morgan fingerprint density at radius 2 is 2.07 bits per heavy atom. The van der Waals surface area contributed by atoms with E-state index in [1.54, 1.807) is 26.0 Å². The number of hydrogen-bond acceptors (Lipinski definition) is 1. The number of ketones is 1. The molecule has 0 amide bonds. The number of carbonyl (C=O) groups excluding carboxylic acids is 1. The molecule has 0 aliphatic heterocycles. The molecule has 0 aliphatic rings. The summed E-state index contributed by atoms with van der Waals surface area (Å²) in [7, 11) is 0. The van der Waals surface area contributed by atoms with Crippen molar-refractivity contribution in [1.29, 1.82) is 0 Å². The maximum absolute atomic E-state index is 13.3. The molecule has 0 saturated carbocycles. The zero-order valence-corrected chi connectivity index (χ0v) is 9.56. The molecule has 0 heterocycles. The number of halogens is 2. The van der Waals surface area contributed by atoms with Crippen LogP contribution in [0, 0.1) is 5.82 Å². The molecule has 1 rings (SSSR count). The molecule has 0 N–H and O–H groups in total. The van der Waals surface area contributed by atoms with Crippen LogP contribution >= 0.6 is 15.9 Å². The van der Waals surface area contributed by atoms with Gasteiger partial charge in [0.15, 0.2) is 5.78 Å². The van der Waals surface area contributed by atoms with Gasteiger partial charge in [-0.2, -0.15) is 0 Å². The van der Waals surface area contributed by atoms with Crippen molar-refractivity contribution in [2.45, 2.75) is 13.8 Å². The van der Waals surface area contributed by atoms with Gasteiger partial charge in [0.25, 0.3) is 0 Å². The van der Waals surface area contributed by atoms with Gasteiger partial charge < -0.3 is 0 Å². The molecule has 0 unspecified atom stereocenters. The smallest absolute Gasteiger partial charge is 0.189 e. The Balaban J connectivity index is 3.19. The summed E-state index contributed by atoms with van der Waals surface area (Å²) in [5, 5.41) is 0. The minimum atomic E-state index is -0.498. The van der Waals surface area contributed by atoms with E-state index < -0.39 is 5.82 Å². The van der Waals surface area contributed by atoms with Gasteiger partial charge in [-0.05, 0) is 48.0 Å². The van der Waals surface area contributed by atoms with Crippen molar-refractivity contribution in [3.63, 3.8) is 0 Å². The summed E-state index contributed by atoms with van der Waals surface area (Å²) in [5.74, 6) is -0.808. The lowest BCUT2D eigenvalue weighted by molar-refractivity contribution is 0.104. The summed E-state index contributed by atoms with van der Waals surface area (Å²) in [5.41, 5.74) is 0.943. The van der Waals surface area contributed by atoms with E-state index in [0.717, 1.165) is 5.57 Å². The van der Waals surface area contributed by atoms with Crippen LogP contribution in [0.5, 0.6) is 0 Å². The van der Waals surface area contributed by atoms with Crippen LogP contribution in [-0.4, -0.2) is 5.78 Å². The first-order chi connectivity index (χ1) is 6.52. The lowest BCUT2D eigenvalue weighted by atomic mass is 10.1. The van der Waals surface area contributed by atoms with Crippen LogP contribution in [0.2, 0.25) is 0 Å². The second-order valence-electron chi connectivity index (χ2n) is 3.18. The van der Waals surface area contributed by atoms with Gasteiger partial charge >= 0.3 is 0 Å². The summed E-state index contributed by atoms with van der Waals surface area (Å²) in [4.78, 5) is 11.6. The van der Waals surface area contributed by atoms with E-state index in [4.69, 9.17) is 0 Å². The fourth-order valence-electron chi connectivity index (χ4n) is 1.07. The first-order valence-corrected chi connectivity index (χ1v) is 4.95. The quantitative estimate of drug-likeness (QED) is 0.582. The minimum Gasteiger partial charge on any atom is -0.289 e. The van der Waals surface area contributed by atoms with Crippen LogP contribution in [-0.2, 0) is 0 Å². The third-order valence-corrected chi connectivity index (χ3v) is 2.29. The lowest BCUT2D eigenvalue weighted by Gasteiger charge is -2.01. The lowest BCUT2D eigenvalue weighted by Crippen LogP contribution is -2.00. The summed E-state index contributed by atoms with van der Waals surface area (Å²) < 4.78 is 13.8. The van der Waals surface area contributed by atoms with Gasteiger partial charge in [-0.15, -0.1) is 0 Å². The summed E-state index contributed by atoms with van der Waals surface area (Å²) in [6.07, 6.45) is 1.42. The van der Waals surface area contributed by atoms with Crippen molar-refractivity contribution < 1.29 is 9.18 Å². The first-order valence-electron chi connectivity index (χ1n) is 4.15. The molecule has 1 nitrogen and oxygen atoms in total. The molecular weight excluding hydrogens is 247 g/mol. The summed E-state index contributed by atoms with van der Waals surface area (Å²) >= 11 is 3.15. The maximum Gasteiger partial charge on any atom is 0.189 e. The zero-order valence-electron chi connectivity index (χ0n) is 7.97. The summed E-state index contributed by atoms with van der Waals surface area (Å²) in [6.45, 7) is 3.60. The topological polar surface area (TPSA) is 17.1 Å². The van der Waals surface area contributed by atoms with E-state index in [2.05, 4.69) is 15.9 Å². The fourth-order valence-corrected chi connectivity index (χ4v) is 1.60. The molecule has 0 bridgehead atoms. The highest BCUT2D eigenvalue weighted by molar-refractivity contribution is 9.10. The van der Waals surface area contributed by atoms with Gasteiger partial charge in [0.2, 0.25) is 0 Å². The van der Waals surface area contributed by atoms with E-state index in [1.807, 2.05) is 0 Å². The Bertz CT molecular complexity index is 372. The molecule has 0 radical (unpaired) electrons. The van der Waals surface area contributed by atoms with E-state index in [9.17, 15) is 9.18 Å². The number of hydrogen-bond donors (Lipinski definition) is 0. The fraction of sp³-hybridized carbons (Fsp3) is 0.182. The number of carbonyl (C=O) groups is 1. The largest absolute Gasteiger partial charge is 0.289 e. The van der Waals surface area contributed by atoms with Crippen LogP contribution < -0.4 is 0 Å². The van der Waals surface area contributed by atoms with E-state index in [1.165, 1.54) is 12.1 Å². The predicted octanol–water partition coefficient (Wildman–Crippen LogP) is 3.74. The highest BCUT2D eigenvalue weighted by Gasteiger charge is 2.12. The molecule has 0 aliphatic carbocycles. The standard InChI is InChI=1S/C11H10BrFO/c1-7(2)6-10(14)11-8(12)4-3-5-9(11)13/h3-6H,1-2H3. The van der Waals surface area contributed by atoms with Gasteiger partial charge in [-0.1, -0.05) is 11.6 Å². The van der Waals surface area contributed by atoms with Gasteiger partial charge in [0.05, 0.1) is 5.56 Å². The van der Waals surface area contributed by atoms with E-state index in [0.29, 0.717) is 4.47 Å². The van der Waals surface area contributed by atoms with E-state index in [-0.39, 0.29) is 11.3 Å². The average molecular weight is 257 g/mol. The zero-order chi connectivity index (χ0) is 10.7. The van der Waals surface area contributed by atoms with Crippen molar-refractivity contribution >= 4 is 21.7 Å². The van der Waals surface area contributed by atoms with Gasteiger partial charge in [0.1, 0.15) is 5.82 Å². The Labute approximate surface area is 90.8 Å². The highest BCUT2D eigenvalue weighted by atomic mass is 79.9.